The predicted octanol–water partition coefficient (Wildman–Crippen LogP) is 4.12. The highest BCUT2D eigenvalue weighted by molar-refractivity contribution is 5.66. The summed E-state index contributed by atoms with van der Waals surface area (Å²) in [4.78, 5) is 11.2. The number of carbonyl (C=O) groups is 1. The molecule has 0 radical (unpaired) electrons. The molecule has 2 nitrogen and oxygen atoms in total. The third kappa shape index (κ3) is 4.25. The van der Waals surface area contributed by atoms with E-state index in [1.807, 2.05) is 42.5 Å². The average molecular weight is 254 g/mol. The lowest BCUT2D eigenvalue weighted by atomic mass is 10.0. The molecule has 19 heavy (non-hydrogen) atoms. The maximum atomic E-state index is 11.2. The molecule has 1 aromatic carbocycles. The first kappa shape index (κ1) is 13.3. The molecule has 2 heteroatoms. The van der Waals surface area contributed by atoms with Crippen molar-refractivity contribution < 1.29 is 9.53 Å². The summed E-state index contributed by atoms with van der Waals surface area (Å²) in [5.41, 5.74) is 2.25. The lowest BCUT2D eigenvalue weighted by molar-refractivity contribution is -0.144. The summed E-state index contributed by atoms with van der Waals surface area (Å²) in [7, 11) is 0. The minimum Gasteiger partial charge on any atom is -0.453 e. The predicted molar refractivity (Wildman–Crippen MR) is 76.5 cm³/mol. The van der Waals surface area contributed by atoms with E-state index in [4.69, 9.17) is 4.74 Å². The van der Waals surface area contributed by atoms with Crippen molar-refractivity contribution in [2.75, 3.05) is 0 Å². The van der Waals surface area contributed by atoms with Gasteiger partial charge in [-0.05, 0) is 30.1 Å². The van der Waals surface area contributed by atoms with Gasteiger partial charge < -0.3 is 4.74 Å². The third-order valence-electron chi connectivity index (χ3n) is 2.95. The van der Waals surface area contributed by atoms with E-state index in [9.17, 15) is 4.79 Å². The van der Waals surface area contributed by atoms with E-state index in [0.29, 0.717) is 0 Å². The maximum Gasteiger partial charge on any atom is 0.303 e. The molecule has 0 heterocycles. The van der Waals surface area contributed by atoms with Crippen molar-refractivity contribution in [3.63, 3.8) is 0 Å². The summed E-state index contributed by atoms with van der Waals surface area (Å²) in [6.07, 6.45) is 12.1. The Hall–Kier alpha value is -2.09. The molecule has 0 amide bonds. The van der Waals surface area contributed by atoms with Crippen molar-refractivity contribution in [2.24, 2.45) is 0 Å². The lowest BCUT2D eigenvalue weighted by Crippen LogP contribution is -2.06. The van der Waals surface area contributed by atoms with Crippen molar-refractivity contribution >= 4 is 5.97 Å². The number of hydrogen-bond donors (Lipinski definition) is 0. The van der Waals surface area contributed by atoms with Crippen LogP contribution in [0.5, 0.6) is 0 Å². The van der Waals surface area contributed by atoms with Crippen LogP contribution in [0.3, 0.4) is 0 Å². The van der Waals surface area contributed by atoms with Gasteiger partial charge in [-0.3, -0.25) is 4.79 Å². The highest BCUT2D eigenvalue weighted by atomic mass is 16.5. The number of carbonyl (C=O) groups excluding carboxylic acids is 1. The maximum absolute atomic E-state index is 11.2. The van der Waals surface area contributed by atoms with Gasteiger partial charge in [-0.15, -0.1) is 0 Å². The van der Waals surface area contributed by atoms with Crippen LogP contribution in [0, 0.1) is 0 Å². The van der Waals surface area contributed by atoms with Crippen molar-refractivity contribution in [1.82, 2.24) is 0 Å². The molecule has 1 aromatic rings. The van der Waals surface area contributed by atoms with E-state index in [2.05, 4.69) is 18.2 Å². The van der Waals surface area contributed by atoms with E-state index >= 15 is 0 Å². The summed E-state index contributed by atoms with van der Waals surface area (Å²) in [6, 6.07) is 9.78. The number of ether oxygens (including phenoxy) is 1. The second-order valence-corrected chi connectivity index (χ2v) is 4.51. The largest absolute Gasteiger partial charge is 0.453 e. The van der Waals surface area contributed by atoms with Crippen molar-refractivity contribution in [1.29, 1.82) is 0 Å². The molecule has 0 saturated heterocycles. The third-order valence-corrected chi connectivity index (χ3v) is 2.95. The minimum atomic E-state index is -0.314. The summed E-state index contributed by atoms with van der Waals surface area (Å²) >= 11 is 0. The highest BCUT2D eigenvalue weighted by Gasteiger charge is 2.10. The number of rotatable bonds is 4. The fraction of sp³-hybridized carbons (Fsp3) is 0.235. The molecule has 1 aliphatic rings. The molecular formula is C17H18O2. The van der Waals surface area contributed by atoms with Gasteiger partial charge in [-0.1, -0.05) is 54.6 Å². The molecule has 0 fully saturated rings. The van der Waals surface area contributed by atoms with Gasteiger partial charge in [0.15, 0.2) is 0 Å². The lowest BCUT2D eigenvalue weighted by Gasteiger charge is -2.14. The summed E-state index contributed by atoms with van der Waals surface area (Å²) in [5, 5.41) is 0. The Kier molecular flexibility index (Phi) is 4.73. The number of esters is 1. The minimum absolute atomic E-state index is 0.268. The zero-order valence-corrected chi connectivity index (χ0v) is 11.1. The molecule has 0 bridgehead atoms. The first-order chi connectivity index (χ1) is 9.25. The van der Waals surface area contributed by atoms with E-state index < -0.39 is 0 Å². The quantitative estimate of drug-likeness (QED) is 0.755. The van der Waals surface area contributed by atoms with Crippen LogP contribution in [0.15, 0.2) is 66.3 Å². The molecule has 2 rings (SSSR count). The van der Waals surface area contributed by atoms with Gasteiger partial charge >= 0.3 is 5.97 Å². The first-order valence-electron chi connectivity index (χ1n) is 6.52. The van der Waals surface area contributed by atoms with E-state index in [-0.39, 0.29) is 12.1 Å². The zero-order valence-electron chi connectivity index (χ0n) is 11.1. The fourth-order valence-corrected chi connectivity index (χ4v) is 2.01. The molecular weight excluding hydrogens is 236 g/mol. The Balaban J connectivity index is 2.14. The topological polar surface area (TPSA) is 26.3 Å². The second kappa shape index (κ2) is 6.74. The molecule has 0 spiro atoms. The van der Waals surface area contributed by atoms with E-state index in [1.54, 1.807) is 0 Å². The van der Waals surface area contributed by atoms with Gasteiger partial charge in [-0.25, -0.2) is 0 Å². The van der Waals surface area contributed by atoms with E-state index in [1.165, 1.54) is 12.5 Å². The van der Waals surface area contributed by atoms with Gasteiger partial charge in [0.2, 0.25) is 0 Å². The summed E-state index contributed by atoms with van der Waals surface area (Å²) in [5.74, 6) is -0.268. The second-order valence-electron chi connectivity index (χ2n) is 4.51. The molecule has 1 atom stereocenters. The molecule has 0 saturated carbocycles. The monoisotopic (exact) mass is 254 g/mol. The summed E-state index contributed by atoms with van der Waals surface area (Å²) in [6.45, 7) is 1.44. The number of allylic oxidation sites excluding steroid dienone is 5. The van der Waals surface area contributed by atoms with Crippen LogP contribution in [0.25, 0.3) is 0 Å². The number of hydrogen-bond acceptors (Lipinski definition) is 2. The van der Waals surface area contributed by atoms with Gasteiger partial charge in [0.1, 0.15) is 6.10 Å². The van der Waals surface area contributed by atoms with E-state index in [0.717, 1.165) is 18.4 Å². The number of benzene rings is 1. The smallest absolute Gasteiger partial charge is 0.303 e. The molecule has 0 N–H and O–H groups in total. The average Bonchev–Trinajstić information content (AvgIpc) is 2.45. The van der Waals surface area contributed by atoms with Crippen LogP contribution in [0.1, 0.15) is 31.4 Å². The van der Waals surface area contributed by atoms with Gasteiger partial charge in [0.25, 0.3) is 0 Å². The SMILES string of the molecule is CC(=O)OC(/C=C/C1=CC=CCC1)c1ccccc1. The molecule has 1 aliphatic carbocycles. The Morgan fingerprint density at radius 2 is 2.11 bits per heavy atom. The fourth-order valence-electron chi connectivity index (χ4n) is 2.01. The normalized spacial score (nSPS) is 16.2. The van der Waals surface area contributed by atoms with Crippen molar-refractivity contribution in [3.8, 4) is 0 Å². The Morgan fingerprint density at radius 3 is 2.74 bits per heavy atom. The van der Waals surface area contributed by atoms with Crippen LogP contribution >= 0.6 is 0 Å². The standard InChI is InChI=1S/C17H18O2/c1-14(18)19-17(16-10-6-3-7-11-16)13-12-15-8-4-2-5-9-15/h2-4,6-8,10-13,17H,5,9H2,1H3/b13-12+. The van der Waals surface area contributed by atoms with Crippen molar-refractivity contribution in [2.45, 2.75) is 25.9 Å². The van der Waals surface area contributed by atoms with Crippen LogP contribution < -0.4 is 0 Å². The molecule has 0 aliphatic heterocycles. The molecule has 1 unspecified atom stereocenters. The molecule has 98 valence electrons. The van der Waals surface area contributed by atoms with Gasteiger partial charge in [0.05, 0.1) is 0 Å². The van der Waals surface area contributed by atoms with Crippen LogP contribution in [-0.4, -0.2) is 5.97 Å². The van der Waals surface area contributed by atoms with Crippen molar-refractivity contribution in [3.05, 3.63) is 71.8 Å². The van der Waals surface area contributed by atoms with Gasteiger partial charge in [-0.2, -0.15) is 0 Å². The summed E-state index contributed by atoms with van der Waals surface area (Å²) < 4.78 is 5.36. The van der Waals surface area contributed by atoms with Crippen LogP contribution in [-0.2, 0) is 9.53 Å². The van der Waals surface area contributed by atoms with Gasteiger partial charge in [0, 0.05) is 6.92 Å². The Bertz CT molecular complexity index is 509. The van der Waals surface area contributed by atoms with Crippen LogP contribution in [0.4, 0.5) is 0 Å². The van der Waals surface area contributed by atoms with Crippen LogP contribution in [0.2, 0.25) is 0 Å². The Labute approximate surface area is 114 Å². The highest BCUT2D eigenvalue weighted by Crippen LogP contribution is 2.21. The Morgan fingerprint density at radius 1 is 1.32 bits per heavy atom. The molecule has 0 aromatic heterocycles. The zero-order chi connectivity index (χ0) is 13.5. The first-order valence-corrected chi connectivity index (χ1v) is 6.52.